The molecule has 18 heavy (non-hydrogen) atoms. The van der Waals surface area contributed by atoms with Gasteiger partial charge in [0.1, 0.15) is 6.04 Å². The lowest BCUT2D eigenvalue weighted by molar-refractivity contribution is 0.0687. The van der Waals surface area contributed by atoms with Crippen LogP contribution >= 0.6 is 27.5 Å². The molecule has 6 heteroatoms. The van der Waals surface area contributed by atoms with Crippen LogP contribution in [0, 0.1) is 11.3 Å². The number of nitrogens with one attached hydrogen (secondary N) is 1. The number of amides is 1. The number of nitriles is 1. The van der Waals surface area contributed by atoms with Crippen LogP contribution in [0.1, 0.15) is 10.4 Å². The van der Waals surface area contributed by atoms with E-state index in [0.717, 1.165) is 4.47 Å². The van der Waals surface area contributed by atoms with Crippen LogP contribution in [0.25, 0.3) is 0 Å². The Morgan fingerprint density at radius 1 is 1.61 bits per heavy atom. The number of benzene rings is 1. The van der Waals surface area contributed by atoms with Crippen LogP contribution in [-0.2, 0) is 0 Å². The van der Waals surface area contributed by atoms with Gasteiger partial charge in [-0.2, -0.15) is 5.26 Å². The molecule has 0 spiro atoms. The molecule has 1 fully saturated rings. The summed E-state index contributed by atoms with van der Waals surface area (Å²) in [6, 6.07) is 6.81. The Balaban J connectivity index is 2.30. The van der Waals surface area contributed by atoms with Gasteiger partial charge in [-0.15, -0.1) is 0 Å². The predicted molar refractivity (Wildman–Crippen MR) is 72.5 cm³/mol. The summed E-state index contributed by atoms with van der Waals surface area (Å²) in [6.45, 7) is 1.70. The number of carbonyl (C=O) groups is 1. The quantitative estimate of drug-likeness (QED) is 0.858. The van der Waals surface area contributed by atoms with E-state index in [1.807, 2.05) is 0 Å². The fraction of sp³-hybridized carbons (Fsp3) is 0.333. The second kappa shape index (κ2) is 5.70. The van der Waals surface area contributed by atoms with Crippen molar-refractivity contribution in [3.05, 3.63) is 33.3 Å². The van der Waals surface area contributed by atoms with E-state index in [0.29, 0.717) is 30.2 Å². The summed E-state index contributed by atoms with van der Waals surface area (Å²) in [5.74, 6) is -0.200. The molecule has 1 aliphatic heterocycles. The molecule has 1 saturated heterocycles. The van der Waals surface area contributed by atoms with Crippen molar-refractivity contribution in [3.63, 3.8) is 0 Å². The van der Waals surface area contributed by atoms with Gasteiger partial charge in [-0.25, -0.2) is 0 Å². The molecular weight excluding hydrogens is 318 g/mol. The number of halogens is 2. The van der Waals surface area contributed by atoms with Gasteiger partial charge >= 0.3 is 0 Å². The largest absolute Gasteiger partial charge is 0.320 e. The Morgan fingerprint density at radius 3 is 3.11 bits per heavy atom. The van der Waals surface area contributed by atoms with Gasteiger partial charge in [0.05, 0.1) is 16.7 Å². The average Bonchev–Trinajstić information content (AvgIpc) is 2.40. The summed E-state index contributed by atoms with van der Waals surface area (Å²) in [5.41, 5.74) is 0.424. The van der Waals surface area contributed by atoms with Gasteiger partial charge in [0.25, 0.3) is 5.91 Å². The molecule has 0 aromatic heterocycles. The Hall–Kier alpha value is -1.09. The van der Waals surface area contributed by atoms with Gasteiger partial charge < -0.3 is 10.2 Å². The third-order valence-corrected chi connectivity index (χ3v) is 3.63. The molecule has 94 valence electrons. The van der Waals surface area contributed by atoms with Gasteiger partial charge in [0.15, 0.2) is 0 Å². The van der Waals surface area contributed by atoms with Crippen molar-refractivity contribution in [2.45, 2.75) is 6.04 Å². The molecular formula is C12H11BrClN3O. The molecule has 1 aromatic carbocycles. The van der Waals surface area contributed by atoms with Crippen molar-refractivity contribution in [1.29, 1.82) is 5.26 Å². The van der Waals surface area contributed by atoms with Crippen molar-refractivity contribution < 1.29 is 4.79 Å². The van der Waals surface area contributed by atoms with Crippen molar-refractivity contribution in [2.75, 3.05) is 19.6 Å². The molecule has 0 bridgehead atoms. The minimum atomic E-state index is -0.443. The SMILES string of the molecule is N#CC1CNCCN1C(=O)c1cc(Br)ccc1Cl. The summed E-state index contributed by atoms with van der Waals surface area (Å²) in [4.78, 5) is 13.9. The Labute approximate surface area is 119 Å². The van der Waals surface area contributed by atoms with Crippen molar-refractivity contribution >= 4 is 33.4 Å². The third kappa shape index (κ3) is 2.66. The minimum Gasteiger partial charge on any atom is -0.320 e. The van der Waals surface area contributed by atoms with E-state index in [-0.39, 0.29) is 5.91 Å². The summed E-state index contributed by atoms with van der Waals surface area (Å²) < 4.78 is 0.791. The summed E-state index contributed by atoms with van der Waals surface area (Å²) in [5, 5.41) is 12.5. The Bertz CT molecular complexity index is 515. The normalized spacial score (nSPS) is 19.4. The van der Waals surface area contributed by atoms with E-state index in [9.17, 15) is 4.79 Å². The smallest absolute Gasteiger partial charge is 0.256 e. The zero-order valence-electron chi connectivity index (χ0n) is 9.49. The number of piperazine rings is 1. The fourth-order valence-electron chi connectivity index (χ4n) is 1.88. The van der Waals surface area contributed by atoms with Crippen LogP contribution in [0.2, 0.25) is 5.02 Å². The standard InChI is InChI=1S/C12H11BrClN3O/c13-8-1-2-11(14)10(5-8)12(18)17-4-3-16-7-9(17)6-15/h1-2,5,9,16H,3-4,7H2. The maximum atomic E-state index is 12.4. The van der Waals surface area contributed by atoms with Gasteiger partial charge in [0.2, 0.25) is 0 Å². The molecule has 2 rings (SSSR count). The van der Waals surface area contributed by atoms with Crippen LogP contribution in [0.3, 0.4) is 0 Å². The molecule has 0 aliphatic carbocycles. The number of hydrogen-bond acceptors (Lipinski definition) is 3. The monoisotopic (exact) mass is 327 g/mol. The summed E-state index contributed by atoms with van der Waals surface area (Å²) in [7, 11) is 0. The second-order valence-electron chi connectivity index (χ2n) is 3.97. The Morgan fingerprint density at radius 2 is 2.39 bits per heavy atom. The van der Waals surface area contributed by atoms with Gasteiger partial charge in [0, 0.05) is 24.1 Å². The van der Waals surface area contributed by atoms with Crippen molar-refractivity contribution in [1.82, 2.24) is 10.2 Å². The Kier molecular flexibility index (Phi) is 4.23. The zero-order valence-corrected chi connectivity index (χ0v) is 11.8. The van der Waals surface area contributed by atoms with E-state index in [2.05, 4.69) is 27.3 Å². The topological polar surface area (TPSA) is 56.1 Å². The maximum absolute atomic E-state index is 12.4. The van der Waals surface area contributed by atoms with Crippen LogP contribution in [0.15, 0.2) is 22.7 Å². The molecule has 0 saturated carbocycles. The van der Waals surface area contributed by atoms with Crippen molar-refractivity contribution in [3.8, 4) is 6.07 Å². The van der Waals surface area contributed by atoms with Crippen LogP contribution in [0.5, 0.6) is 0 Å². The second-order valence-corrected chi connectivity index (χ2v) is 5.29. The molecule has 4 nitrogen and oxygen atoms in total. The first-order chi connectivity index (χ1) is 8.63. The number of hydrogen-bond donors (Lipinski definition) is 1. The van der Waals surface area contributed by atoms with Gasteiger partial charge in [-0.1, -0.05) is 27.5 Å². The molecule has 1 atom stereocenters. The highest BCUT2D eigenvalue weighted by Gasteiger charge is 2.28. The molecule has 1 N–H and O–H groups in total. The highest BCUT2D eigenvalue weighted by molar-refractivity contribution is 9.10. The van der Waals surface area contributed by atoms with Gasteiger partial charge in [-0.05, 0) is 18.2 Å². The molecule has 1 amide bonds. The van der Waals surface area contributed by atoms with E-state index in [1.54, 1.807) is 23.1 Å². The molecule has 1 unspecified atom stereocenters. The number of nitrogens with zero attached hydrogens (tertiary/aromatic N) is 2. The molecule has 1 aliphatic rings. The first-order valence-corrected chi connectivity index (χ1v) is 6.67. The van der Waals surface area contributed by atoms with Crippen LogP contribution in [-0.4, -0.2) is 36.5 Å². The van der Waals surface area contributed by atoms with E-state index in [4.69, 9.17) is 16.9 Å². The van der Waals surface area contributed by atoms with E-state index in [1.165, 1.54) is 0 Å². The summed E-state index contributed by atoms with van der Waals surface area (Å²) in [6.07, 6.45) is 0. The molecule has 1 aromatic rings. The highest BCUT2D eigenvalue weighted by Crippen LogP contribution is 2.23. The van der Waals surface area contributed by atoms with Gasteiger partial charge in [-0.3, -0.25) is 4.79 Å². The van der Waals surface area contributed by atoms with Crippen LogP contribution in [0.4, 0.5) is 0 Å². The number of carbonyl (C=O) groups excluding carboxylic acids is 1. The minimum absolute atomic E-state index is 0.200. The predicted octanol–water partition coefficient (Wildman–Crippen LogP) is 2.04. The third-order valence-electron chi connectivity index (χ3n) is 2.81. The number of rotatable bonds is 1. The first-order valence-electron chi connectivity index (χ1n) is 5.50. The molecule has 0 radical (unpaired) electrons. The first kappa shape index (κ1) is 13.3. The zero-order chi connectivity index (χ0) is 13.1. The lowest BCUT2D eigenvalue weighted by Crippen LogP contribution is -2.53. The van der Waals surface area contributed by atoms with Crippen molar-refractivity contribution in [2.24, 2.45) is 0 Å². The van der Waals surface area contributed by atoms with E-state index < -0.39 is 6.04 Å². The lowest BCUT2D eigenvalue weighted by atomic mass is 10.1. The maximum Gasteiger partial charge on any atom is 0.256 e. The van der Waals surface area contributed by atoms with E-state index >= 15 is 0 Å². The molecule has 1 heterocycles. The lowest BCUT2D eigenvalue weighted by Gasteiger charge is -2.32. The fourth-order valence-corrected chi connectivity index (χ4v) is 2.44. The highest BCUT2D eigenvalue weighted by atomic mass is 79.9. The van der Waals surface area contributed by atoms with Crippen LogP contribution < -0.4 is 5.32 Å². The summed E-state index contributed by atoms with van der Waals surface area (Å²) >= 11 is 9.35. The average molecular weight is 329 g/mol.